The monoisotopic (exact) mass is 478 g/mol. The van der Waals surface area contributed by atoms with Crippen molar-refractivity contribution < 1.29 is 22.3 Å². The summed E-state index contributed by atoms with van der Waals surface area (Å²) in [5, 5.41) is 10.9. The molecule has 182 valence electrons. The predicted octanol–water partition coefficient (Wildman–Crippen LogP) is 4.05. The smallest absolute Gasteiger partial charge is 0.392 e. The molecule has 2 aromatic rings. The molecule has 2 aliphatic heterocycles. The number of hydrogen-bond donors (Lipinski definition) is 3. The van der Waals surface area contributed by atoms with Gasteiger partial charge in [-0.2, -0.15) is 13.2 Å². The number of fused-ring (bicyclic) bond motifs is 1. The zero-order chi connectivity index (χ0) is 24.3. The zero-order valence-electron chi connectivity index (χ0n) is 18.5. The number of rotatable bonds is 8. The van der Waals surface area contributed by atoms with Gasteiger partial charge >= 0.3 is 6.18 Å². The Hall–Kier alpha value is -3.21. The normalized spacial score (nSPS) is 16.9. The number of nitrogen functional groups attached to an aromatic ring is 1. The highest BCUT2D eigenvalue weighted by atomic mass is 19.4. The maximum atomic E-state index is 13.4. The topological polar surface area (TPSA) is 100 Å². The summed E-state index contributed by atoms with van der Waals surface area (Å²) in [6.07, 6.45) is -0.966. The second-order valence-electron chi connectivity index (χ2n) is 8.39. The molecule has 4 rings (SSSR count). The van der Waals surface area contributed by atoms with Gasteiger partial charge in [-0.05, 0) is 24.1 Å². The van der Waals surface area contributed by atoms with Crippen molar-refractivity contribution in [1.29, 1.82) is 5.41 Å². The summed E-state index contributed by atoms with van der Waals surface area (Å²) in [6.45, 7) is 1.93. The summed E-state index contributed by atoms with van der Waals surface area (Å²) in [5.74, 6) is 0.786. The molecule has 1 fully saturated rings. The third-order valence-electron chi connectivity index (χ3n) is 5.89. The van der Waals surface area contributed by atoms with Gasteiger partial charge < -0.3 is 21.2 Å². The van der Waals surface area contributed by atoms with E-state index in [1.807, 2.05) is 0 Å². The molecule has 1 aromatic carbocycles. The number of benzene rings is 1. The fraction of sp³-hybridized carbons (Fsp3) is 0.435. The van der Waals surface area contributed by atoms with E-state index in [4.69, 9.17) is 15.9 Å². The van der Waals surface area contributed by atoms with Gasteiger partial charge in [0.1, 0.15) is 11.6 Å². The first-order valence-corrected chi connectivity index (χ1v) is 11.0. The average Bonchev–Trinajstić information content (AvgIpc) is 2.93. The molecule has 0 unspecified atom stereocenters. The van der Waals surface area contributed by atoms with Crippen molar-refractivity contribution in [2.24, 2.45) is 0 Å². The Morgan fingerprint density at radius 2 is 2.03 bits per heavy atom. The van der Waals surface area contributed by atoms with Crippen LogP contribution in [0, 0.1) is 5.41 Å². The van der Waals surface area contributed by atoms with Crippen LogP contribution < -0.4 is 15.8 Å². The fourth-order valence-corrected chi connectivity index (χ4v) is 4.31. The maximum Gasteiger partial charge on any atom is 0.392 e. The van der Waals surface area contributed by atoms with E-state index in [1.165, 1.54) is 12.4 Å². The lowest BCUT2D eigenvalue weighted by molar-refractivity contribution is -0.127. The number of anilines is 2. The second-order valence-corrected chi connectivity index (χ2v) is 8.39. The summed E-state index contributed by atoms with van der Waals surface area (Å²) in [4.78, 5) is 10.9. The van der Waals surface area contributed by atoms with E-state index in [-0.39, 0.29) is 42.8 Å². The van der Waals surface area contributed by atoms with E-state index in [1.54, 1.807) is 12.1 Å². The van der Waals surface area contributed by atoms with Crippen molar-refractivity contribution in [3.05, 3.63) is 46.9 Å². The summed E-state index contributed by atoms with van der Waals surface area (Å²) in [7, 11) is 0. The Kier molecular flexibility index (Phi) is 7.01. The maximum absolute atomic E-state index is 13.4. The number of alkyl halides is 4. The van der Waals surface area contributed by atoms with Crippen LogP contribution >= 0.6 is 0 Å². The fourth-order valence-electron chi connectivity index (χ4n) is 4.31. The van der Waals surface area contributed by atoms with Crippen LogP contribution in [0.2, 0.25) is 0 Å². The first kappa shape index (κ1) is 23.9. The van der Waals surface area contributed by atoms with Gasteiger partial charge in [0.25, 0.3) is 0 Å². The number of ether oxygens (including phenoxy) is 1. The molecule has 2 aliphatic rings. The Labute approximate surface area is 194 Å². The van der Waals surface area contributed by atoms with E-state index >= 15 is 0 Å². The number of hydrogen-bond acceptors (Lipinski definition) is 7. The van der Waals surface area contributed by atoms with Gasteiger partial charge in [0.2, 0.25) is 0 Å². The molecule has 34 heavy (non-hydrogen) atoms. The van der Waals surface area contributed by atoms with Gasteiger partial charge in [0.15, 0.2) is 0 Å². The van der Waals surface area contributed by atoms with Crippen LogP contribution in [0.1, 0.15) is 36.1 Å². The molecule has 4 N–H and O–H groups in total. The summed E-state index contributed by atoms with van der Waals surface area (Å²) in [6, 6.07) is 3.31. The van der Waals surface area contributed by atoms with E-state index in [2.05, 4.69) is 20.2 Å². The molecule has 0 saturated carbocycles. The molecular weight excluding hydrogens is 452 g/mol. The largest absolute Gasteiger partial charge is 0.492 e. The third kappa shape index (κ3) is 5.30. The Morgan fingerprint density at radius 1 is 1.24 bits per heavy atom. The van der Waals surface area contributed by atoms with E-state index in [9.17, 15) is 17.6 Å². The number of nitrogens with two attached hydrogens (primary N) is 1. The minimum Gasteiger partial charge on any atom is -0.492 e. The van der Waals surface area contributed by atoms with E-state index in [0.717, 1.165) is 19.3 Å². The van der Waals surface area contributed by atoms with Crippen LogP contribution in [0.25, 0.3) is 5.57 Å². The van der Waals surface area contributed by atoms with Crippen molar-refractivity contribution in [3.63, 3.8) is 0 Å². The molecule has 0 aliphatic carbocycles. The number of halogens is 4. The Morgan fingerprint density at radius 3 is 2.68 bits per heavy atom. The first-order valence-electron chi connectivity index (χ1n) is 11.0. The lowest BCUT2D eigenvalue weighted by atomic mass is 9.92. The SMILES string of the molecule is N=Cc1c(N)ccc2c1OCCC(CC(F)(F)F)=C2c1cnc(NC2CN(CCCF)C2)cn1. The van der Waals surface area contributed by atoms with E-state index in [0.29, 0.717) is 41.2 Å². The molecule has 11 heteroatoms. The number of aromatic nitrogens is 2. The Bertz CT molecular complexity index is 1060. The van der Waals surface area contributed by atoms with Crippen LogP contribution in [0.15, 0.2) is 30.1 Å². The molecule has 1 aromatic heterocycles. The molecule has 7 nitrogen and oxygen atoms in total. The van der Waals surface area contributed by atoms with Crippen molar-refractivity contribution in [3.8, 4) is 5.75 Å². The summed E-state index contributed by atoms with van der Waals surface area (Å²) in [5.41, 5.74) is 7.72. The lowest BCUT2D eigenvalue weighted by Crippen LogP contribution is -2.54. The zero-order valence-corrected chi connectivity index (χ0v) is 18.5. The highest BCUT2D eigenvalue weighted by Gasteiger charge is 2.33. The van der Waals surface area contributed by atoms with Gasteiger partial charge in [0, 0.05) is 49.1 Å². The molecule has 0 radical (unpaired) electrons. The molecular formula is C23H26F4N6O. The van der Waals surface area contributed by atoms with Crippen LogP contribution in [0.3, 0.4) is 0 Å². The van der Waals surface area contributed by atoms with Crippen LogP contribution in [-0.4, -0.2) is 66.2 Å². The van der Waals surface area contributed by atoms with Gasteiger partial charge in [-0.25, -0.2) is 4.98 Å². The van der Waals surface area contributed by atoms with Crippen LogP contribution in [0.4, 0.5) is 29.1 Å². The second kappa shape index (κ2) is 9.96. The molecule has 0 amide bonds. The van der Waals surface area contributed by atoms with Crippen molar-refractivity contribution in [2.75, 3.05) is 44.0 Å². The number of nitrogens with one attached hydrogen (secondary N) is 2. The Balaban J connectivity index is 1.64. The highest BCUT2D eigenvalue weighted by Crippen LogP contribution is 2.42. The highest BCUT2D eigenvalue weighted by molar-refractivity contribution is 5.95. The van der Waals surface area contributed by atoms with Crippen molar-refractivity contribution in [1.82, 2.24) is 14.9 Å². The summed E-state index contributed by atoms with van der Waals surface area (Å²) >= 11 is 0. The lowest BCUT2D eigenvalue weighted by Gasteiger charge is -2.39. The molecule has 0 atom stereocenters. The minimum absolute atomic E-state index is 0.0276. The van der Waals surface area contributed by atoms with Gasteiger partial charge in [-0.15, -0.1) is 0 Å². The van der Waals surface area contributed by atoms with Gasteiger partial charge in [-0.3, -0.25) is 14.3 Å². The van der Waals surface area contributed by atoms with E-state index < -0.39 is 12.6 Å². The minimum atomic E-state index is -4.41. The van der Waals surface area contributed by atoms with Crippen LogP contribution in [-0.2, 0) is 0 Å². The first-order chi connectivity index (χ1) is 16.3. The summed E-state index contributed by atoms with van der Waals surface area (Å²) < 4.78 is 58.3. The molecule has 0 spiro atoms. The molecule has 3 heterocycles. The molecule has 1 saturated heterocycles. The third-order valence-corrected chi connectivity index (χ3v) is 5.89. The molecule has 0 bridgehead atoms. The standard InChI is InChI=1S/C23H26F4N6O/c24-5-1-6-33-12-15(13-33)32-20-11-30-19(10-31-20)21-14(8-23(25,26)27)4-7-34-22-16(21)2-3-18(29)17(22)9-28/h2-3,9-11,15,28H,1,4-8,12-13,29H2,(H,31,32). The van der Waals surface area contributed by atoms with Crippen molar-refractivity contribution in [2.45, 2.75) is 31.5 Å². The number of likely N-dealkylation sites (tertiary alicyclic amines) is 1. The number of nitrogens with zero attached hydrogens (tertiary/aromatic N) is 3. The van der Waals surface area contributed by atoms with Gasteiger partial charge in [-0.1, -0.05) is 0 Å². The quantitative estimate of drug-likeness (QED) is 0.301. The average molecular weight is 478 g/mol. The van der Waals surface area contributed by atoms with Crippen LogP contribution in [0.5, 0.6) is 5.75 Å². The van der Waals surface area contributed by atoms with Gasteiger partial charge in [0.05, 0.1) is 49.4 Å². The predicted molar refractivity (Wildman–Crippen MR) is 122 cm³/mol. The van der Waals surface area contributed by atoms with Crippen molar-refractivity contribution >= 4 is 23.3 Å².